The summed E-state index contributed by atoms with van der Waals surface area (Å²) in [5.41, 5.74) is 0. The van der Waals surface area contributed by atoms with Crippen LogP contribution in [0.15, 0.2) is 0 Å². The van der Waals surface area contributed by atoms with Crippen molar-refractivity contribution in [1.29, 1.82) is 0 Å². The van der Waals surface area contributed by atoms with Crippen molar-refractivity contribution in [2.75, 3.05) is 19.6 Å². The Kier molecular flexibility index (Phi) is 6.12. The number of carboxylic acid groups (broad SMARTS) is 1. The number of hydrogen-bond donors (Lipinski definition) is 2. The second-order valence-corrected chi connectivity index (χ2v) is 5.31. The Morgan fingerprint density at radius 1 is 1.39 bits per heavy atom. The molecule has 1 aliphatic carbocycles. The fourth-order valence-electron chi connectivity index (χ4n) is 1.77. The predicted molar refractivity (Wildman–Crippen MR) is 69.3 cm³/mol. The fraction of sp³-hybridized carbons (Fsp3) is 0.846. The fourth-order valence-corrected chi connectivity index (χ4v) is 1.77. The number of nitrogens with zero attached hydrogens (tertiary/aromatic N) is 1. The molecule has 0 heterocycles. The van der Waals surface area contributed by atoms with Crippen LogP contribution in [0, 0.1) is 5.92 Å². The van der Waals surface area contributed by atoms with Crippen LogP contribution in [0.25, 0.3) is 0 Å². The highest BCUT2D eigenvalue weighted by atomic mass is 16.4. The molecule has 0 aromatic carbocycles. The van der Waals surface area contributed by atoms with Crippen molar-refractivity contribution in [3.63, 3.8) is 0 Å². The molecule has 18 heavy (non-hydrogen) atoms. The van der Waals surface area contributed by atoms with Crippen LogP contribution in [0.5, 0.6) is 0 Å². The van der Waals surface area contributed by atoms with Crippen LogP contribution in [0.2, 0.25) is 0 Å². The van der Waals surface area contributed by atoms with Gasteiger partial charge in [-0.05, 0) is 45.6 Å². The largest absolute Gasteiger partial charge is 0.481 e. The van der Waals surface area contributed by atoms with E-state index >= 15 is 0 Å². The summed E-state index contributed by atoms with van der Waals surface area (Å²) in [6, 6.07) is 0.255. The Hall–Kier alpha value is -1.10. The summed E-state index contributed by atoms with van der Waals surface area (Å²) in [5, 5.41) is 11.5. The first-order valence-electron chi connectivity index (χ1n) is 6.71. The molecule has 1 aliphatic rings. The molecule has 0 spiro atoms. The number of carbonyl (C=O) groups excluding carboxylic acids is 1. The topological polar surface area (TPSA) is 69.6 Å². The van der Waals surface area contributed by atoms with Gasteiger partial charge in [0.05, 0.1) is 6.54 Å². The van der Waals surface area contributed by atoms with E-state index < -0.39 is 5.97 Å². The maximum Gasteiger partial charge on any atom is 0.303 e. The minimum Gasteiger partial charge on any atom is -0.481 e. The van der Waals surface area contributed by atoms with Crippen molar-refractivity contribution in [3.8, 4) is 0 Å². The molecule has 0 saturated heterocycles. The van der Waals surface area contributed by atoms with Crippen molar-refractivity contribution >= 4 is 11.9 Å². The molecule has 5 heteroatoms. The lowest BCUT2D eigenvalue weighted by molar-refractivity contribution is -0.137. The zero-order valence-electron chi connectivity index (χ0n) is 11.3. The van der Waals surface area contributed by atoms with Crippen LogP contribution in [0.3, 0.4) is 0 Å². The number of hydrogen-bond acceptors (Lipinski definition) is 3. The zero-order valence-corrected chi connectivity index (χ0v) is 11.3. The monoisotopic (exact) mass is 256 g/mol. The maximum absolute atomic E-state index is 11.7. The third-order valence-corrected chi connectivity index (χ3v) is 3.20. The Balaban J connectivity index is 2.22. The first-order chi connectivity index (χ1) is 8.49. The summed E-state index contributed by atoms with van der Waals surface area (Å²) in [5.74, 6) is -0.0451. The van der Waals surface area contributed by atoms with E-state index in [-0.39, 0.29) is 18.4 Å². The first kappa shape index (κ1) is 15.0. The quantitative estimate of drug-likeness (QED) is 0.648. The molecule has 0 aromatic rings. The average Bonchev–Trinajstić information content (AvgIpc) is 3.08. The highest BCUT2D eigenvalue weighted by Crippen LogP contribution is 2.27. The summed E-state index contributed by atoms with van der Waals surface area (Å²) >= 11 is 0. The standard InChI is InChI=1S/C13H24N2O3/c1-10(2)15(7-3-4-13(17)18)9-12(16)14-8-11-5-6-11/h10-11H,3-9H2,1-2H3,(H,14,16)(H,17,18). The van der Waals surface area contributed by atoms with E-state index in [1.165, 1.54) is 12.8 Å². The van der Waals surface area contributed by atoms with Crippen LogP contribution in [-0.2, 0) is 9.59 Å². The molecule has 104 valence electrons. The van der Waals surface area contributed by atoms with Crippen molar-refractivity contribution < 1.29 is 14.7 Å². The van der Waals surface area contributed by atoms with Crippen LogP contribution in [0.4, 0.5) is 0 Å². The Bertz CT molecular complexity index is 288. The molecular weight excluding hydrogens is 232 g/mol. The molecule has 1 amide bonds. The summed E-state index contributed by atoms with van der Waals surface area (Å²) in [4.78, 5) is 24.2. The zero-order chi connectivity index (χ0) is 13.5. The highest BCUT2D eigenvalue weighted by molar-refractivity contribution is 5.78. The second-order valence-electron chi connectivity index (χ2n) is 5.31. The van der Waals surface area contributed by atoms with E-state index in [4.69, 9.17) is 5.11 Å². The van der Waals surface area contributed by atoms with Crippen LogP contribution in [-0.4, -0.2) is 47.6 Å². The Morgan fingerprint density at radius 3 is 2.56 bits per heavy atom. The lowest BCUT2D eigenvalue weighted by Gasteiger charge is -2.25. The molecule has 1 saturated carbocycles. The molecule has 5 nitrogen and oxygen atoms in total. The van der Waals surface area contributed by atoms with Gasteiger partial charge < -0.3 is 10.4 Å². The van der Waals surface area contributed by atoms with Gasteiger partial charge in [-0.3, -0.25) is 14.5 Å². The molecule has 0 bridgehead atoms. The van der Waals surface area contributed by atoms with Gasteiger partial charge in [-0.2, -0.15) is 0 Å². The Morgan fingerprint density at radius 2 is 2.06 bits per heavy atom. The van der Waals surface area contributed by atoms with Crippen molar-refractivity contribution in [2.45, 2.75) is 45.6 Å². The van der Waals surface area contributed by atoms with Crippen molar-refractivity contribution in [3.05, 3.63) is 0 Å². The molecule has 0 aromatic heterocycles. The summed E-state index contributed by atoms with van der Waals surface area (Å²) in [7, 11) is 0. The summed E-state index contributed by atoms with van der Waals surface area (Å²) in [6.07, 6.45) is 3.20. The van der Waals surface area contributed by atoms with Crippen LogP contribution >= 0.6 is 0 Å². The van der Waals surface area contributed by atoms with Gasteiger partial charge in [-0.15, -0.1) is 0 Å². The van der Waals surface area contributed by atoms with Gasteiger partial charge >= 0.3 is 5.97 Å². The normalized spacial score (nSPS) is 15.1. The molecular formula is C13H24N2O3. The molecule has 0 atom stereocenters. The third kappa shape index (κ3) is 6.59. The predicted octanol–water partition coefficient (Wildman–Crippen LogP) is 1.09. The highest BCUT2D eigenvalue weighted by Gasteiger charge is 2.22. The van der Waals surface area contributed by atoms with Gasteiger partial charge in [0, 0.05) is 19.0 Å². The van der Waals surface area contributed by atoms with E-state index in [2.05, 4.69) is 5.32 Å². The van der Waals surface area contributed by atoms with Gasteiger partial charge in [0.25, 0.3) is 0 Å². The van der Waals surface area contributed by atoms with E-state index in [0.29, 0.717) is 25.4 Å². The molecule has 1 fully saturated rings. The molecule has 0 radical (unpaired) electrons. The van der Waals surface area contributed by atoms with Gasteiger partial charge in [0.1, 0.15) is 0 Å². The summed E-state index contributed by atoms with van der Waals surface area (Å²) < 4.78 is 0. The maximum atomic E-state index is 11.7. The minimum absolute atomic E-state index is 0.0472. The second kappa shape index (κ2) is 7.36. The Labute approximate surface area is 109 Å². The molecule has 1 rings (SSSR count). The van der Waals surface area contributed by atoms with Gasteiger partial charge in [0.15, 0.2) is 0 Å². The van der Waals surface area contributed by atoms with Crippen LogP contribution in [0.1, 0.15) is 39.5 Å². The first-order valence-corrected chi connectivity index (χ1v) is 6.71. The number of rotatable bonds is 9. The number of amides is 1. The van der Waals surface area contributed by atoms with E-state index in [0.717, 1.165) is 6.54 Å². The minimum atomic E-state index is -0.781. The van der Waals surface area contributed by atoms with E-state index in [9.17, 15) is 9.59 Å². The van der Waals surface area contributed by atoms with Crippen molar-refractivity contribution in [1.82, 2.24) is 10.2 Å². The lowest BCUT2D eigenvalue weighted by atomic mass is 10.2. The molecule has 0 aliphatic heterocycles. The van der Waals surface area contributed by atoms with Crippen molar-refractivity contribution in [2.24, 2.45) is 5.92 Å². The van der Waals surface area contributed by atoms with E-state index in [1.807, 2.05) is 18.7 Å². The average molecular weight is 256 g/mol. The van der Waals surface area contributed by atoms with E-state index in [1.54, 1.807) is 0 Å². The smallest absolute Gasteiger partial charge is 0.303 e. The van der Waals surface area contributed by atoms with Gasteiger partial charge in [0.2, 0.25) is 5.91 Å². The molecule has 2 N–H and O–H groups in total. The number of nitrogens with one attached hydrogen (secondary N) is 1. The number of carboxylic acids is 1. The molecule has 0 unspecified atom stereocenters. The number of aliphatic carboxylic acids is 1. The summed E-state index contributed by atoms with van der Waals surface area (Å²) in [6.45, 7) is 5.86. The van der Waals surface area contributed by atoms with Crippen LogP contribution < -0.4 is 5.32 Å². The third-order valence-electron chi connectivity index (χ3n) is 3.20. The lowest BCUT2D eigenvalue weighted by Crippen LogP contribution is -2.41. The number of carbonyl (C=O) groups is 2. The SMILES string of the molecule is CC(C)N(CCCC(=O)O)CC(=O)NCC1CC1. The van der Waals surface area contributed by atoms with Gasteiger partial charge in [-0.25, -0.2) is 0 Å². The van der Waals surface area contributed by atoms with Gasteiger partial charge in [-0.1, -0.05) is 0 Å².